The summed E-state index contributed by atoms with van der Waals surface area (Å²) in [6.45, 7) is 13.4. The monoisotopic (exact) mass is 264 g/mol. The van der Waals surface area contributed by atoms with Crippen molar-refractivity contribution in [2.24, 2.45) is 11.3 Å². The summed E-state index contributed by atoms with van der Waals surface area (Å²) in [5.41, 5.74) is 0.0837. The van der Waals surface area contributed by atoms with Gasteiger partial charge in [0.2, 0.25) is 5.91 Å². The van der Waals surface area contributed by atoms with Crippen molar-refractivity contribution in [3.8, 4) is 0 Å². The maximum absolute atomic E-state index is 11.9. The highest BCUT2D eigenvalue weighted by Crippen LogP contribution is 2.26. The van der Waals surface area contributed by atoms with Gasteiger partial charge in [0, 0.05) is 18.0 Å². The van der Waals surface area contributed by atoms with Crippen LogP contribution in [0.1, 0.15) is 48.0 Å². The zero-order chi connectivity index (χ0) is 13.0. The molecule has 0 fully saturated rings. The number of carbonyl (C=O) groups is 1. The highest BCUT2D eigenvalue weighted by molar-refractivity contribution is 5.85. The number of rotatable bonds is 5. The molecule has 1 atom stereocenters. The average Bonchev–Trinajstić information content (AvgIpc) is 1.98. The SMILES string of the molecule is CNCC(C)C(=O)NC(C)(C)CC(C)(C)C.Cl. The van der Waals surface area contributed by atoms with Crippen LogP contribution in [0.15, 0.2) is 0 Å². The summed E-state index contributed by atoms with van der Waals surface area (Å²) in [5, 5.41) is 6.14. The third-order valence-electron chi connectivity index (χ3n) is 2.39. The van der Waals surface area contributed by atoms with E-state index in [2.05, 4.69) is 45.3 Å². The normalized spacial score (nSPS) is 13.8. The van der Waals surface area contributed by atoms with Crippen LogP contribution in [0.3, 0.4) is 0 Å². The Balaban J connectivity index is 0. The van der Waals surface area contributed by atoms with Gasteiger partial charge in [0.15, 0.2) is 0 Å². The molecular weight excluding hydrogens is 236 g/mol. The molecule has 1 unspecified atom stereocenters. The van der Waals surface area contributed by atoms with Crippen LogP contribution in [0.4, 0.5) is 0 Å². The Hall–Kier alpha value is -0.280. The van der Waals surface area contributed by atoms with Crippen molar-refractivity contribution in [2.75, 3.05) is 13.6 Å². The molecule has 0 aromatic rings. The van der Waals surface area contributed by atoms with Gasteiger partial charge < -0.3 is 10.6 Å². The summed E-state index contributed by atoms with van der Waals surface area (Å²) < 4.78 is 0. The van der Waals surface area contributed by atoms with Crippen LogP contribution >= 0.6 is 12.4 Å². The van der Waals surface area contributed by atoms with Gasteiger partial charge in [-0.25, -0.2) is 0 Å². The summed E-state index contributed by atoms with van der Waals surface area (Å²) in [6, 6.07) is 0. The van der Waals surface area contributed by atoms with E-state index in [-0.39, 0.29) is 35.2 Å². The highest BCUT2D eigenvalue weighted by atomic mass is 35.5. The molecule has 104 valence electrons. The van der Waals surface area contributed by atoms with Gasteiger partial charge in [-0.2, -0.15) is 0 Å². The fraction of sp³-hybridized carbons (Fsp3) is 0.923. The van der Waals surface area contributed by atoms with Crippen LogP contribution in [0.5, 0.6) is 0 Å². The minimum Gasteiger partial charge on any atom is -0.351 e. The van der Waals surface area contributed by atoms with Gasteiger partial charge in [0.25, 0.3) is 0 Å². The Bertz CT molecular complexity index is 234. The lowest BCUT2D eigenvalue weighted by Gasteiger charge is -2.34. The van der Waals surface area contributed by atoms with Crippen molar-refractivity contribution in [3.63, 3.8) is 0 Å². The van der Waals surface area contributed by atoms with E-state index in [9.17, 15) is 4.79 Å². The molecule has 2 N–H and O–H groups in total. The van der Waals surface area contributed by atoms with E-state index in [1.54, 1.807) is 0 Å². The van der Waals surface area contributed by atoms with E-state index in [1.807, 2.05) is 14.0 Å². The summed E-state index contributed by atoms with van der Waals surface area (Å²) in [5.74, 6) is 0.146. The van der Waals surface area contributed by atoms with Crippen LogP contribution in [0, 0.1) is 11.3 Å². The molecule has 0 aromatic heterocycles. The van der Waals surface area contributed by atoms with Gasteiger partial charge in [0.1, 0.15) is 0 Å². The van der Waals surface area contributed by atoms with Crippen LogP contribution in [-0.4, -0.2) is 25.0 Å². The Labute approximate surface area is 113 Å². The van der Waals surface area contributed by atoms with Crippen molar-refractivity contribution in [3.05, 3.63) is 0 Å². The molecule has 0 aliphatic heterocycles. The maximum Gasteiger partial charge on any atom is 0.224 e. The molecule has 4 heteroatoms. The van der Waals surface area contributed by atoms with Gasteiger partial charge >= 0.3 is 0 Å². The first-order chi connectivity index (χ1) is 7.07. The Kier molecular flexibility index (Phi) is 8.10. The minimum atomic E-state index is -0.142. The molecule has 0 radical (unpaired) electrons. The molecule has 0 rings (SSSR count). The van der Waals surface area contributed by atoms with E-state index in [0.29, 0.717) is 0 Å². The molecule has 0 bridgehead atoms. The topological polar surface area (TPSA) is 41.1 Å². The quantitative estimate of drug-likeness (QED) is 0.802. The fourth-order valence-electron chi connectivity index (χ4n) is 2.23. The highest BCUT2D eigenvalue weighted by Gasteiger charge is 2.28. The van der Waals surface area contributed by atoms with Gasteiger partial charge in [-0.15, -0.1) is 12.4 Å². The van der Waals surface area contributed by atoms with Gasteiger partial charge in [-0.05, 0) is 32.7 Å². The standard InChI is InChI=1S/C13H28N2O.ClH/c1-10(8-14-7)11(16)15-13(5,6)9-12(2,3)4;/h10,14H,8-9H2,1-7H3,(H,15,16);1H. The summed E-state index contributed by atoms with van der Waals surface area (Å²) in [7, 11) is 1.87. The second-order valence-corrected chi connectivity index (χ2v) is 6.57. The number of hydrogen-bond acceptors (Lipinski definition) is 2. The van der Waals surface area contributed by atoms with Crippen molar-refractivity contribution in [2.45, 2.75) is 53.5 Å². The molecule has 0 aliphatic carbocycles. The van der Waals surface area contributed by atoms with Gasteiger partial charge in [-0.1, -0.05) is 27.7 Å². The second-order valence-electron chi connectivity index (χ2n) is 6.57. The van der Waals surface area contributed by atoms with E-state index in [4.69, 9.17) is 0 Å². The molecule has 0 heterocycles. The fourth-order valence-corrected chi connectivity index (χ4v) is 2.23. The molecule has 0 aliphatic rings. The lowest BCUT2D eigenvalue weighted by atomic mass is 9.81. The van der Waals surface area contributed by atoms with Crippen molar-refractivity contribution in [1.82, 2.24) is 10.6 Å². The molecule has 0 aromatic carbocycles. The smallest absolute Gasteiger partial charge is 0.224 e. The third kappa shape index (κ3) is 9.42. The third-order valence-corrected chi connectivity index (χ3v) is 2.39. The Morgan fingerprint density at radius 2 is 1.65 bits per heavy atom. The summed E-state index contributed by atoms with van der Waals surface area (Å²) in [6.07, 6.45) is 0.970. The Morgan fingerprint density at radius 3 is 2.00 bits per heavy atom. The average molecular weight is 265 g/mol. The zero-order valence-corrected chi connectivity index (χ0v) is 13.1. The number of amides is 1. The number of carbonyl (C=O) groups excluding carboxylic acids is 1. The number of hydrogen-bond donors (Lipinski definition) is 2. The molecule has 0 saturated heterocycles. The summed E-state index contributed by atoms with van der Waals surface area (Å²) in [4.78, 5) is 11.9. The largest absolute Gasteiger partial charge is 0.351 e. The van der Waals surface area contributed by atoms with E-state index in [1.165, 1.54) is 0 Å². The van der Waals surface area contributed by atoms with Crippen molar-refractivity contribution in [1.29, 1.82) is 0 Å². The predicted molar refractivity (Wildman–Crippen MR) is 76.6 cm³/mol. The number of nitrogens with one attached hydrogen (secondary N) is 2. The maximum atomic E-state index is 11.9. The number of halogens is 1. The molecule has 0 spiro atoms. The van der Waals surface area contributed by atoms with Crippen LogP contribution < -0.4 is 10.6 Å². The van der Waals surface area contributed by atoms with Crippen LogP contribution in [0.25, 0.3) is 0 Å². The lowest BCUT2D eigenvalue weighted by molar-refractivity contribution is -0.126. The van der Waals surface area contributed by atoms with Gasteiger partial charge in [0.05, 0.1) is 0 Å². The Morgan fingerprint density at radius 1 is 1.18 bits per heavy atom. The van der Waals surface area contributed by atoms with Crippen molar-refractivity contribution < 1.29 is 4.79 Å². The van der Waals surface area contributed by atoms with Crippen molar-refractivity contribution >= 4 is 18.3 Å². The second kappa shape index (κ2) is 7.22. The van der Waals surface area contributed by atoms with Gasteiger partial charge in [-0.3, -0.25) is 4.79 Å². The van der Waals surface area contributed by atoms with E-state index in [0.717, 1.165) is 13.0 Å². The first-order valence-electron chi connectivity index (χ1n) is 6.04. The summed E-state index contributed by atoms with van der Waals surface area (Å²) >= 11 is 0. The predicted octanol–water partition coefficient (Wildman–Crippen LogP) is 2.59. The zero-order valence-electron chi connectivity index (χ0n) is 12.3. The first-order valence-corrected chi connectivity index (χ1v) is 6.04. The first kappa shape index (κ1) is 19.1. The molecule has 17 heavy (non-hydrogen) atoms. The van der Waals surface area contributed by atoms with Crippen LogP contribution in [-0.2, 0) is 4.79 Å². The molecular formula is C13H29ClN2O. The molecule has 3 nitrogen and oxygen atoms in total. The minimum absolute atomic E-state index is 0. The van der Waals surface area contributed by atoms with E-state index < -0.39 is 0 Å². The molecule has 0 saturated carbocycles. The van der Waals surface area contributed by atoms with Crippen LogP contribution in [0.2, 0.25) is 0 Å². The molecule has 1 amide bonds. The lowest BCUT2D eigenvalue weighted by Crippen LogP contribution is -2.48. The van der Waals surface area contributed by atoms with E-state index >= 15 is 0 Å².